The number of esters is 1. The van der Waals surface area contributed by atoms with Gasteiger partial charge in [0.05, 0.1) is 31.4 Å². The van der Waals surface area contributed by atoms with Crippen LogP contribution in [0, 0.1) is 5.92 Å². The lowest BCUT2D eigenvalue weighted by Crippen LogP contribution is -2.37. The van der Waals surface area contributed by atoms with Gasteiger partial charge in [-0.05, 0) is 32.9 Å². The number of hydrogen-bond acceptors (Lipinski definition) is 8. The Hall–Kier alpha value is -2.86. The minimum atomic E-state index is -4.30. The molecule has 2 aromatic rings. The number of H-pyrrole nitrogens is 1. The van der Waals surface area contributed by atoms with Crippen LogP contribution >= 0.6 is 7.75 Å². The Morgan fingerprint density at radius 2 is 1.92 bits per heavy atom. The molecule has 0 radical (unpaired) electrons. The summed E-state index contributed by atoms with van der Waals surface area (Å²) in [5.41, 5.74) is -1.63. The van der Waals surface area contributed by atoms with Crippen LogP contribution in [0.2, 0.25) is 0 Å². The second kappa shape index (κ2) is 11.9. The van der Waals surface area contributed by atoms with Gasteiger partial charge in [-0.15, -0.1) is 0 Å². The van der Waals surface area contributed by atoms with Crippen LogP contribution in [-0.2, 0) is 23.4 Å². The zero-order valence-corrected chi connectivity index (χ0v) is 20.7. The largest absolute Gasteiger partial charge is 0.462 e. The van der Waals surface area contributed by atoms with Crippen LogP contribution in [-0.4, -0.2) is 53.2 Å². The fraction of sp³-hybridized carbons (Fsp3) is 0.500. The zero-order valence-electron chi connectivity index (χ0n) is 19.8. The predicted octanol–water partition coefficient (Wildman–Crippen LogP) is 2.49. The number of aromatic nitrogens is 2. The lowest BCUT2D eigenvalue weighted by molar-refractivity contribution is -0.149. The molecular formula is C22H28F2N3O8P. The first-order valence-corrected chi connectivity index (χ1v) is 12.7. The summed E-state index contributed by atoms with van der Waals surface area (Å²) >= 11 is 0. The van der Waals surface area contributed by atoms with Crippen molar-refractivity contribution in [3.63, 3.8) is 0 Å². The van der Waals surface area contributed by atoms with Crippen LogP contribution in [0.4, 0.5) is 8.78 Å². The fourth-order valence-corrected chi connectivity index (χ4v) is 4.97. The quantitative estimate of drug-likeness (QED) is 0.331. The van der Waals surface area contributed by atoms with Gasteiger partial charge in [0.2, 0.25) is 0 Å². The average molecular weight is 531 g/mol. The number of carbonyl (C=O) groups is 1. The van der Waals surface area contributed by atoms with Crippen molar-refractivity contribution in [2.24, 2.45) is 5.92 Å². The lowest BCUT2D eigenvalue weighted by atomic mass is 10.0. The Labute approximate surface area is 205 Å². The summed E-state index contributed by atoms with van der Waals surface area (Å²) in [4.78, 5) is 37.6. The number of alkyl halides is 2. The van der Waals surface area contributed by atoms with Crippen molar-refractivity contribution < 1.29 is 36.7 Å². The smallest absolute Gasteiger partial charge is 0.459 e. The molecule has 198 valence electrons. The molecule has 0 spiro atoms. The molecule has 0 bridgehead atoms. The normalized spacial score (nSPS) is 24.3. The topological polar surface area (TPSA) is 138 Å². The Balaban J connectivity index is 1.79. The highest BCUT2D eigenvalue weighted by Gasteiger charge is 2.47. The van der Waals surface area contributed by atoms with E-state index in [0.717, 1.165) is 16.8 Å². The predicted molar refractivity (Wildman–Crippen MR) is 124 cm³/mol. The third-order valence-electron chi connectivity index (χ3n) is 5.21. The molecule has 36 heavy (non-hydrogen) atoms. The molecule has 6 atom stereocenters. The van der Waals surface area contributed by atoms with E-state index in [-0.39, 0.29) is 5.75 Å². The van der Waals surface area contributed by atoms with Gasteiger partial charge in [-0.3, -0.25) is 28.1 Å². The molecule has 14 heteroatoms. The summed E-state index contributed by atoms with van der Waals surface area (Å²) in [5, 5.41) is 2.47. The number of nitrogens with zero attached hydrogens (tertiary/aromatic N) is 1. The molecule has 0 saturated carbocycles. The molecule has 6 unspecified atom stereocenters. The van der Waals surface area contributed by atoms with Gasteiger partial charge in [0.1, 0.15) is 11.8 Å². The maximum absolute atomic E-state index is 15.0. The van der Waals surface area contributed by atoms with Gasteiger partial charge >= 0.3 is 19.4 Å². The van der Waals surface area contributed by atoms with Crippen LogP contribution in [0.1, 0.15) is 27.0 Å². The first-order chi connectivity index (χ1) is 17.0. The maximum atomic E-state index is 15.0. The standard InChI is InChI=1S/C22H28F2N3O8P/c1-13(2)33-21(29)14(3)26-36(31,35-15-7-5-4-6-8-15)32-12-17-16(11-23)19(24)20(34-17)27-10-9-18(28)25-22(27)30/h4-10,13-14,16-17,19-20H,11-12H2,1-3H3,(H,26,31)(H,25,28,30). The van der Waals surface area contributed by atoms with E-state index in [9.17, 15) is 23.3 Å². The summed E-state index contributed by atoms with van der Waals surface area (Å²) in [6.07, 6.45) is -4.20. The van der Waals surface area contributed by atoms with Crippen molar-refractivity contribution >= 4 is 13.7 Å². The second-order valence-corrected chi connectivity index (χ2v) is 10.1. The summed E-state index contributed by atoms with van der Waals surface area (Å²) in [6.45, 7) is 2.91. The number of para-hydroxylation sites is 1. The number of aromatic amines is 1. The fourth-order valence-electron chi connectivity index (χ4n) is 3.47. The van der Waals surface area contributed by atoms with Crippen molar-refractivity contribution in [2.75, 3.05) is 13.3 Å². The summed E-state index contributed by atoms with van der Waals surface area (Å²) in [6, 6.07) is 7.82. The molecule has 0 aliphatic carbocycles. The highest BCUT2D eigenvalue weighted by Crippen LogP contribution is 2.46. The SMILES string of the molecule is CC(C)OC(=O)C(C)NP(=O)(OCC1OC(n2ccc(=O)[nH]c2=O)C(F)C1CF)Oc1ccccc1. The Kier molecular flexibility index (Phi) is 9.18. The summed E-state index contributed by atoms with van der Waals surface area (Å²) in [7, 11) is -4.30. The van der Waals surface area contributed by atoms with Gasteiger partial charge in [0.15, 0.2) is 12.4 Å². The van der Waals surface area contributed by atoms with Gasteiger partial charge in [-0.1, -0.05) is 18.2 Å². The third-order valence-corrected chi connectivity index (χ3v) is 6.86. The second-order valence-electron chi connectivity index (χ2n) is 8.38. The molecule has 2 N–H and O–H groups in total. The van der Waals surface area contributed by atoms with Gasteiger partial charge in [-0.2, -0.15) is 5.09 Å². The molecule has 1 aromatic carbocycles. The molecular weight excluding hydrogens is 503 g/mol. The zero-order chi connectivity index (χ0) is 26.5. The van der Waals surface area contributed by atoms with Crippen molar-refractivity contribution in [1.29, 1.82) is 0 Å². The van der Waals surface area contributed by atoms with Crippen LogP contribution in [0.3, 0.4) is 0 Å². The van der Waals surface area contributed by atoms with E-state index < -0.39 is 74.8 Å². The number of carbonyl (C=O) groups excluding carboxylic acids is 1. The number of halogens is 2. The van der Waals surface area contributed by atoms with Crippen LogP contribution in [0.5, 0.6) is 5.75 Å². The van der Waals surface area contributed by atoms with E-state index in [1.807, 2.05) is 4.98 Å². The van der Waals surface area contributed by atoms with Gasteiger partial charge in [-0.25, -0.2) is 13.8 Å². The molecule has 1 fully saturated rings. The van der Waals surface area contributed by atoms with Gasteiger partial charge in [0, 0.05) is 12.3 Å². The molecule has 1 saturated heterocycles. The Bertz CT molecular complexity index is 1190. The van der Waals surface area contributed by atoms with E-state index in [1.54, 1.807) is 32.0 Å². The van der Waals surface area contributed by atoms with E-state index >= 15 is 4.39 Å². The minimum Gasteiger partial charge on any atom is -0.462 e. The van der Waals surface area contributed by atoms with E-state index in [4.69, 9.17) is 18.5 Å². The first-order valence-electron chi connectivity index (χ1n) is 11.2. The molecule has 11 nitrogen and oxygen atoms in total. The maximum Gasteiger partial charge on any atom is 0.459 e. The van der Waals surface area contributed by atoms with Crippen LogP contribution in [0.15, 0.2) is 52.2 Å². The number of hydrogen-bond donors (Lipinski definition) is 2. The Morgan fingerprint density at radius 1 is 1.22 bits per heavy atom. The monoisotopic (exact) mass is 531 g/mol. The van der Waals surface area contributed by atoms with E-state index in [0.29, 0.717) is 0 Å². The Morgan fingerprint density at radius 3 is 2.53 bits per heavy atom. The van der Waals surface area contributed by atoms with Crippen LogP contribution in [0.25, 0.3) is 0 Å². The third kappa shape index (κ3) is 6.88. The van der Waals surface area contributed by atoms with Gasteiger partial charge < -0.3 is 14.0 Å². The molecule has 3 rings (SSSR count). The molecule has 2 heterocycles. The summed E-state index contributed by atoms with van der Waals surface area (Å²) < 4.78 is 64.7. The highest BCUT2D eigenvalue weighted by molar-refractivity contribution is 7.52. The van der Waals surface area contributed by atoms with Crippen molar-refractivity contribution in [3.8, 4) is 5.75 Å². The molecule has 1 aliphatic rings. The lowest BCUT2D eigenvalue weighted by Gasteiger charge is -2.25. The molecule has 0 amide bonds. The van der Waals surface area contributed by atoms with E-state index in [2.05, 4.69) is 5.09 Å². The number of ether oxygens (including phenoxy) is 2. The van der Waals surface area contributed by atoms with Crippen molar-refractivity contribution in [1.82, 2.24) is 14.6 Å². The number of benzene rings is 1. The van der Waals surface area contributed by atoms with Crippen LogP contribution < -0.4 is 20.9 Å². The van der Waals surface area contributed by atoms with E-state index in [1.165, 1.54) is 19.1 Å². The number of nitrogens with one attached hydrogen (secondary N) is 2. The molecule has 1 aliphatic heterocycles. The average Bonchev–Trinajstić information content (AvgIpc) is 3.13. The van der Waals surface area contributed by atoms with Crippen molar-refractivity contribution in [2.45, 2.75) is 51.4 Å². The number of rotatable bonds is 11. The van der Waals surface area contributed by atoms with Crippen molar-refractivity contribution in [3.05, 3.63) is 63.4 Å². The minimum absolute atomic E-state index is 0.146. The molecule has 1 aromatic heterocycles. The first kappa shape index (κ1) is 27.7. The highest BCUT2D eigenvalue weighted by atomic mass is 31.2. The van der Waals surface area contributed by atoms with Gasteiger partial charge in [0.25, 0.3) is 5.56 Å². The summed E-state index contributed by atoms with van der Waals surface area (Å²) in [5.74, 6) is -1.94.